The monoisotopic (exact) mass is 389 g/mol. The molecule has 1 aromatic carbocycles. The van der Waals surface area contributed by atoms with Gasteiger partial charge in [0.15, 0.2) is 5.16 Å². The molecule has 0 aliphatic carbocycles. The third-order valence-corrected chi connectivity index (χ3v) is 5.49. The number of esters is 1. The molecule has 7 nitrogen and oxygen atoms in total. The van der Waals surface area contributed by atoms with Gasteiger partial charge in [0.25, 0.3) is 5.56 Å². The summed E-state index contributed by atoms with van der Waals surface area (Å²) in [5.74, 6) is -0.566. The first-order chi connectivity index (χ1) is 12.5. The molecule has 0 saturated heterocycles. The number of methoxy groups -OCH3 is 1. The molecule has 2 heterocycles. The highest BCUT2D eigenvalue weighted by Gasteiger charge is 2.12. The van der Waals surface area contributed by atoms with Crippen molar-refractivity contribution in [3.63, 3.8) is 0 Å². The maximum atomic E-state index is 12.2. The number of amides is 1. The minimum atomic E-state index is -0.436. The summed E-state index contributed by atoms with van der Waals surface area (Å²) >= 11 is 2.54. The summed E-state index contributed by atoms with van der Waals surface area (Å²) in [7, 11) is 2.95. The van der Waals surface area contributed by atoms with Crippen LogP contribution < -0.4 is 10.9 Å². The van der Waals surface area contributed by atoms with E-state index in [0.29, 0.717) is 26.6 Å². The molecule has 3 aromatic rings. The van der Waals surface area contributed by atoms with Crippen LogP contribution in [0.4, 0.5) is 5.69 Å². The second-order valence-corrected chi connectivity index (χ2v) is 7.16. The van der Waals surface area contributed by atoms with E-state index in [1.807, 2.05) is 5.38 Å². The SMILES string of the molecule is COC(=O)c1ccc(NC(=O)CSc2nc3ccsc3c(=O)n2C)cc1. The molecule has 0 unspecified atom stereocenters. The van der Waals surface area contributed by atoms with Crippen LogP contribution in [0.3, 0.4) is 0 Å². The molecule has 0 bridgehead atoms. The average Bonchev–Trinajstić information content (AvgIpc) is 3.12. The van der Waals surface area contributed by atoms with Crippen LogP contribution in [-0.2, 0) is 16.6 Å². The quantitative estimate of drug-likeness (QED) is 0.410. The lowest BCUT2D eigenvalue weighted by atomic mass is 10.2. The van der Waals surface area contributed by atoms with E-state index in [1.165, 1.54) is 34.8 Å². The number of carbonyl (C=O) groups is 2. The molecule has 0 aliphatic heterocycles. The van der Waals surface area contributed by atoms with Crippen molar-refractivity contribution < 1.29 is 14.3 Å². The van der Waals surface area contributed by atoms with Gasteiger partial charge in [0.2, 0.25) is 5.91 Å². The molecule has 0 atom stereocenters. The van der Waals surface area contributed by atoms with E-state index in [-0.39, 0.29) is 17.2 Å². The number of thiophene rings is 1. The molecule has 9 heteroatoms. The number of benzene rings is 1. The van der Waals surface area contributed by atoms with Gasteiger partial charge in [0.05, 0.1) is 23.9 Å². The van der Waals surface area contributed by atoms with Crippen LogP contribution in [0.5, 0.6) is 0 Å². The number of nitrogens with zero attached hydrogens (tertiary/aromatic N) is 2. The maximum absolute atomic E-state index is 12.2. The molecule has 1 amide bonds. The van der Waals surface area contributed by atoms with Gasteiger partial charge in [0, 0.05) is 12.7 Å². The van der Waals surface area contributed by atoms with Crippen LogP contribution >= 0.6 is 23.1 Å². The standard InChI is InChI=1S/C17H15N3O4S2/c1-20-15(22)14-12(7-8-25-14)19-17(20)26-9-13(21)18-11-5-3-10(4-6-11)16(23)24-2/h3-8H,9H2,1-2H3,(H,18,21). The zero-order valence-corrected chi connectivity index (χ0v) is 15.6. The van der Waals surface area contributed by atoms with Crippen LogP contribution in [0, 0.1) is 0 Å². The molecule has 0 fully saturated rings. The lowest BCUT2D eigenvalue weighted by Gasteiger charge is -2.08. The molecular formula is C17H15N3O4S2. The number of nitrogens with one attached hydrogen (secondary N) is 1. The lowest BCUT2D eigenvalue weighted by Crippen LogP contribution is -2.20. The van der Waals surface area contributed by atoms with Gasteiger partial charge in [0.1, 0.15) is 4.70 Å². The number of anilines is 1. The van der Waals surface area contributed by atoms with Crippen molar-refractivity contribution in [2.45, 2.75) is 5.16 Å². The number of hydrogen-bond acceptors (Lipinski definition) is 7. The van der Waals surface area contributed by atoms with Crippen LogP contribution in [-0.4, -0.2) is 34.3 Å². The first-order valence-electron chi connectivity index (χ1n) is 7.55. The van der Waals surface area contributed by atoms with E-state index in [1.54, 1.807) is 37.4 Å². The van der Waals surface area contributed by atoms with Crippen molar-refractivity contribution in [1.82, 2.24) is 9.55 Å². The van der Waals surface area contributed by atoms with Crippen molar-refractivity contribution in [1.29, 1.82) is 0 Å². The van der Waals surface area contributed by atoms with E-state index in [9.17, 15) is 14.4 Å². The number of rotatable bonds is 5. The fraction of sp³-hybridized carbons (Fsp3) is 0.176. The van der Waals surface area contributed by atoms with Gasteiger partial charge in [-0.2, -0.15) is 0 Å². The highest BCUT2D eigenvalue weighted by atomic mass is 32.2. The Morgan fingerprint density at radius 3 is 2.69 bits per heavy atom. The zero-order chi connectivity index (χ0) is 18.7. The van der Waals surface area contributed by atoms with Crippen molar-refractivity contribution in [2.24, 2.45) is 7.05 Å². The van der Waals surface area contributed by atoms with Crippen LogP contribution in [0.2, 0.25) is 0 Å². The van der Waals surface area contributed by atoms with Crippen LogP contribution in [0.1, 0.15) is 10.4 Å². The second-order valence-electron chi connectivity index (χ2n) is 5.30. The van der Waals surface area contributed by atoms with Gasteiger partial charge in [-0.15, -0.1) is 11.3 Å². The number of hydrogen-bond donors (Lipinski definition) is 1. The molecule has 26 heavy (non-hydrogen) atoms. The summed E-state index contributed by atoms with van der Waals surface area (Å²) in [5, 5.41) is 5.04. The average molecular weight is 389 g/mol. The molecular weight excluding hydrogens is 374 g/mol. The van der Waals surface area contributed by atoms with Gasteiger partial charge in [-0.3, -0.25) is 14.2 Å². The summed E-state index contributed by atoms with van der Waals surface area (Å²) in [6.07, 6.45) is 0. The first kappa shape index (κ1) is 18.2. The fourth-order valence-corrected chi connectivity index (χ4v) is 3.81. The largest absolute Gasteiger partial charge is 0.465 e. The van der Waals surface area contributed by atoms with Gasteiger partial charge >= 0.3 is 5.97 Å². The molecule has 0 radical (unpaired) electrons. The molecule has 3 rings (SSSR count). The third kappa shape index (κ3) is 3.78. The highest BCUT2D eigenvalue weighted by molar-refractivity contribution is 7.99. The Bertz CT molecular complexity index is 1020. The number of thioether (sulfide) groups is 1. The fourth-order valence-electron chi connectivity index (χ4n) is 2.23. The Morgan fingerprint density at radius 1 is 1.27 bits per heavy atom. The van der Waals surface area contributed by atoms with Crippen LogP contribution in [0.15, 0.2) is 45.7 Å². The van der Waals surface area contributed by atoms with Crippen molar-refractivity contribution in [3.05, 3.63) is 51.6 Å². The topological polar surface area (TPSA) is 90.3 Å². The summed E-state index contributed by atoms with van der Waals surface area (Å²) in [5.41, 5.74) is 1.49. The third-order valence-electron chi connectivity index (χ3n) is 3.57. The van der Waals surface area contributed by atoms with Crippen molar-refractivity contribution in [3.8, 4) is 0 Å². The summed E-state index contributed by atoms with van der Waals surface area (Å²) in [6, 6.07) is 8.18. The number of aromatic nitrogens is 2. The summed E-state index contributed by atoms with van der Waals surface area (Å²) in [6.45, 7) is 0. The van der Waals surface area contributed by atoms with E-state index in [2.05, 4.69) is 15.0 Å². The smallest absolute Gasteiger partial charge is 0.337 e. The summed E-state index contributed by atoms with van der Waals surface area (Å²) < 4.78 is 6.68. The number of carbonyl (C=O) groups excluding carboxylic acids is 2. The Labute approximate surface area is 157 Å². The Balaban J connectivity index is 1.65. The van der Waals surface area contributed by atoms with Gasteiger partial charge in [-0.05, 0) is 35.7 Å². The van der Waals surface area contributed by atoms with Gasteiger partial charge in [-0.1, -0.05) is 11.8 Å². The minimum absolute atomic E-state index is 0.106. The van der Waals surface area contributed by atoms with E-state index in [4.69, 9.17) is 0 Å². The minimum Gasteiger partial charge on any atom is -0.465 e. The number of ether oxygens (including phenoxy) is 1. The highest BCUT2D eigenvalue weighted by Crippen LogP contribution is 2.20. The summed E-state index contributed by atoms with van der Waals surface area (Å²) in [4.78, 5) is 40.2. The van der Waals surface area contributed by atoms with Crippen LogP contribution in [0.25, 0.3) is 10.2 Å². The van der Waals surface area contributed by atoms with E-state index in [0.717, 1.165) is 0 Å². The number of fused-ring (bicyclic) bond motifs is 1. The maximum Gasteiger partial charge on any atom is 0.337 e. The normalized spacial score (nSPS) is 10.7. The molecule has 0 spiro atoms. The Morgan fingerprint density at radius 2 is 2.00 bits per heavy atom. The van der Waals surface area contributed by atoms with Gasteiger partial charge < -0.3 is 10.1 Å². The first-order valence-corrected chi connectivity index (χ1v) is 9.41. The molecule has 0 aliphatic rings. The lowest BCUT2D eigenvalue weighted by molar-refractivity contribution is -0.113. The Kier molecular flexibility index (Phi) is 5.38. The van der Waals surface area contributed by atoms with E-state index >= 15 is 0 Å². The molecule has 2 aromatic heterocycles. The second kappa shape index (κ2) is 7.71. The molecule has 134 valence electrons. The zero-order valence-electron chi connectivity index (χ0n) is 14.0. The molecule has 0 saturated carbocycles. The van der Waals surface area contributed by atoms with E-state index < -0.39 is 5.97 Å². The predicted molar refractivity (Wildman–Crippen MR) is 102 cm³/mol. The Hall–Kier alpha value is -2.65. The van der Waals surface area contributed by atoms with Gasteiger partial charge in [-0.25, -0.2) is 9.78 Å². The predicted octanol–water partition coefficient (Wildman–Crippen LogP) is 2.51. The van der Waals surface area contributed by atoms with Crippen molar-refractivity contribution in [2.75, 3.05) is 18.2 Å². The van der Waals surface area contributed by atoms with Crippen molar-refractivity contribution >= 4 is 50.9 Å². The molecule has 1 N–H and O–H groups in total.